The van der Waals surface area contributed by atoms with Gasteiger partial charge in [0.25, 0.3) is 0 Å². The Kier molecular flexibility index (Phi) is 6.17. The van der Waals surface area contributed by atoms with E-state index in [9.17, 15) is 4.79 Å². The van der Waals surface area contributed by atoms with Gasteiger partial charge in [-0.15, -0.1) is 0 Å². The van der Waals surface area contributed by atoms with Crippen LogP contribution in [-0.4, -0.2) is 12.5 Å². The van der Waals surface area contributed by atoms with Crippen molar-refractivity contribution in [1.82, 2.24) is 5.32 Å². The standard InChI is InChI=1S/C16H31NO/c1-5-14(6-2)12-17-15(18)16(11-13(3)4)9-7-8-10-16/h13-14H,5-12H2,1-4H3,(H,17,18). The number of hydrogen-bond donors (Lipinski definition) is 1. The maximum absolute atomic E-state index is 12.5. The highest BCUT2D eigenvalue weighted by molar-refractivity contribution is 5.82. The predicted octanol–water partition coefficient (Wildman–Crippen LogP) is 4.15. The molecule has 1 saturated carbocycles. The predicted molar refractivity (Wildman–Crippen MR) is 77.4 cm³/mol. The molecule has 0 heterocycles. The molecule has 1 N–H and O–H groups in total. The zero-order valence-corrected chi connectivity index (χ0v) is 12.7. The van der Waals surface area contributed by atoms with Crippen LogP contribution in [0.1, 0.15) is 72.6 Å². The number of rotatable bonds is 7. The summed E-state index contributed by atoms with van der Waals surface area (Å²) in [6.45, 7) is 9.74. The van der Waals surface area contributed by atoms with E-state index in [1.165, 1.54) is 12.8 Å². The van der Waals surface area contributed by atoms with E-state index in [0.717, 1.165) is 38.6 Å². The lowest BCUT2D eigenvalue weighted by atomic mass is 9.77. The first kappa shape index (κ1) is 15.5. The summed E-state index contributed by atoms with van der Waals surface area (Å²) in [5.74, 6) is 1.59. The average Bonchev–Trinajstić information content (AvgIpc) is 2.79. The first-order valence-electron chi connectivity index (χ1n) is 7.82. The van der Waals surface area contributed by atoms with Crippen LogP contribution in [0.3, 0.4) is 0 Å². The molecule has 0 saturated heterocycles. The second-order valence-electron chi connectivity index (χ2n) is 6.48. The first-order chi connectivity index (χ1) is 8.54. The van der Waals surface area contributed by atoms with Gasteiger partial charge in [0, 0.05) is 12.0 Å². The van der Waals surface area contributed by atoms with E-state index in [2.05, 4.69) is 33.0 Å². The summed E-state index contributed by atoms with van der Waals surface area (Å²) >= 11 is 0. The molecule has 0 radical (unpaired) electrons. The molecular weight excluding hydrogens is 222 g/mol. The Hall–Kier alpha value is -0.530. The third-order valence-corrected chi connectivity index (χ3v) is 4.55. The summed E-state index contributed by atoms with van der Waals surface area (Å²) < 4.78 is 0. The molecule has 0 bridgehead atoms. The summed E-state index contributed by atoms with van der Waals surface area (Å²) in [7, 11) is 0. The minimum atomic E-state index is -0.0415. The second-order valence-corrected chi connectivity index (χ2v) is 6.48. The molecule has 0 unspecified atom stereocenters. The number of carbonyl (C=O) groups excluding carboxylic acids is 1. The van der Waals surface area contributed by atoms with E-state index >= 15 is 0 Å². The summed E-state index contributed by atoms with van der Waals surface area (Å²) in [5, 5.41) is 3.23. The molecule has 0 aromatic heterocycles. The van der Waals surface area contributed by atoms with Crippen LogP contribution in [0.15, 0.2) is 0 Å². The highest BCUT2D eigenvalue weighted by Crippen LogP contribution is 2.43. The van der Waals surface area contributed by atoms with Gasteiger partial charge in [0.2, 0.25) is 5.91 Å². The lowest BCUT2D eigenvalue weighted by Crippen LogP contribution is -2.42. The van der Waals surface area contributed by atoms with Crippen LogP contribution in [-0.2, 0) is 4.79 Å². The van der Waals surface area contributed by atoms with Crippen molar-refractivity contribution in [1.29, 1.82) is 0 Å². The normalized spacial score (nSPS) is 18.6. The SMILES string of the molecule is CCC(CC)CNC(=O)C1(CC(C)C)CCCC1. The Morgan fingerprint density at radius 3 is 2.17 bits per heavy atom. The molecule has 1 amide bonds. The monoisotopic (exact) mass is 253 g/mol. The van der Waals surface area contributed by atoms with Crippen molar-refractivity contribution < 1.29 is 4.79 Å². The molecular formula is C16H31NO. The molecule has 0 aromatic rings. The molecule has 0 spiro atoms. The van der Waals surface area contributed by atoms with Crippen LogP contribution in [0.5, 0.6) is 0 Å². The van der Waals surface area contributed by atoms with Crippen molar-refractivity contribution >= 4 is 5.91 Å². The fourth-order valence-electron chi connectivity index (χ4n) is 3.36. The van der Waals surface area contributed by atoms with Gasteiger partial charge >= 0.3 is 0 Å². The van der Waals surface area contributed by atoms with Crippen LogP contribution in [0.4, 0.5) is 0 Å². The average molecular weight is 253 g/mol. The molecule has 1 aliphatic rings. The Morgan fingerprint density at radius 1 is 1.17 bits per heavy atom. The second kappa shape index (κ2) is 7.16. The van der Waals surface area contributed by atoms with E-state index in [4.69, 9.17) is 0 Å². The Morgan fingerprint density at radius 2 is 1.72 bits per heavy atom. The molecule has 106 valence electrons. The van der Waals surface area contributed by atoms with Gasteiger partial charge < -0.3 is 5.32 Å². The first-order valence-corrected chi connectivity index (χ1v) is 7.82. The molecule has 0 aliphatic heterocycles. The van der Waals surface area contributed by atoms with Gasteiger partial charge in [0.05, 0.1) is 0 Å². The van der Waals surface area contributed by atoms with E-state index in [1.807, 2.05) is 0 Å². The van der Waals surface area contributed by atoms with Crippen LogP contribution < -0.4 is 5.32 Å². The van der Waals surface area contributed by atoms with E-state index in [0.29, 0.717) is 17.7 Å². The zero-order chi connectivity index (χ0) is 13.6. The third-order valence-electron chi connectivity index (χ3n) is 4.55. The quantitative estimate of drug-likeness (QED) is 0.725. The number of hydrogen-bond acceptors (Lipinski definition) is 1. The topological polar surface area (TPSA) is 29.1 Å². The van der Waals surface area contributed by atoms with Crippen LogP contribution in [0.2, 0.25) is 0 Å². The maximum Gasteiger partial charge on any atom is 0.226 e. The lowest BCUT2D eigenvalue weighted by Gasteiger charge is -2.30. The molecule has 0 atom stereocenters. The Balaban J connectivity index is 2.55. The highest BCUT2D eigenvalue weighted by Gasteiger charge is 2.41. The molecule has 1 rings (SSSR count). The van der Waals surface area contributed by atoms with Crippen molar-refractivity contribution in [3.05, 3.63) is 0 Å². The molecule has 2 nitrogen and oxygen atoms in total. The summed E-state index contributed by atoms with van der Waals surface area (Å²) in [6, 6.07) is 0. The molecule has 1 fully saturated rings. The van der Waals surface area contributed by atoms with E-state index < -0.39 is 0 Å². The fourth-order valence-corrected chi connectivity index (χ4v) is 3.36. The number of amides is 1. The van der Waals surface area contributed by atoms with Crippen LogP contribution >= 0.6 is 0 Å². The molecule has 2 heteroatoms. The van der Waals surface area contributed by atoms with Crippen molar-refractivity contribution in [3.8, 4) is 0 Å². The summed E-state index contributed by atoms with van der Waals surface area (Å²) in [5.41, 5.74) is -0.0415. The van der Waals surface area contributed by atoms with Crippen LogP contribution in [0, 0.1) is 17.3 Å². The Labute approximate surface area is 113 Å². The largest absolute Gasteiger partial charge is 0.355 e. The maximum atomic E-state index is 12.5. The summed E-state index contributed by atoms with van der Waals surface area (Å²) in [4.78, 5) is 12.5. The zero-order valence-electron chi connectivity index (χ0n) is 12.7. The van der Waals surface area contributed by atoms with Gasteiger partial charge in [-0.1, -0.05) is 53.4 Å². The van der Waals surface area contributed by atoms with Gasteiger partial charge in [0.15, 0.2) is 0 Å². The highest BCUT2D eigenvalue weighted by atomic mass is 16.2. The van der Waals surface area contributed by atoms with E-state index in [1.54, 1.807) is 0 Å². The van der Waals surface area contributed by atoms with Crippen molar-refractivity contribution in [2.45, 2.75) is 72.6 Å². The molecule has 18 heavy (non-hydrogen) atoms. The number of carbonyl (C=O) groups is 1. The van der Waals surface area contributed by atoms with Gasteiger partial charge in [-0.3, -0.25) is 4.79 Å². The van der Waals surface area contributed by atoms with Crippen molar-refractivity contribution in [3.63, 3.8) is 0 Å². The van der Waals surface area contributed by atoms with Gasteiger partial charge in [-0.2, -0.15) is 0 Å². The smallest absolute Gasteiger partial charge is 0.226 e. The number of nitrogens with one attached hydrogen (secondary N) is 1. The van der Waals surface area contributed by atoms with Gasteiger partial charge in [0.1, 0.15) is 0 Å². The summed E-state index contributed by atoms with van der Waals surface area (Å²) in [6.07, 6.45) is 8.03. The molecule has 1 aliphatic carbocycles. The van der Waals surface area contributed by atoms with E-state index in [-0.39, 0.29) is 5.41 Å². The Bertz CT molecular complexity index is 250. The van der Waals surface area contributed by atoms with Crippen molar-refractivity contribution in [2.24, 2.45) is 17.3 Å². The lowest BCUT2D eigenvalue weighted by molar-refractivity contribution is -0.132. The fraction of sp³-hybridized carbons (Fsp3) is 0.938. The van der Waals surface area contributed by atoms with Gasteiger partial charge in [-0.25, -0.2) is 0 Å². The van der Waals surface area contributed by atoms with Gasteiger partial charge in [-0.05, 0) is 31.1 Å². The van der Waals surface area contributed by atoms with Crippen molar-refractivity contribution in [2.75, 3.05) is 6.54 Å². The van der Waals surface area contributed by atoms with Crippen LogP contribution in [0.25, 0.3) is 0 Å². The minimum absolute atomic E-state index is 0.0415. The molecule has 0 aromatic carbocycles. The third kappa shape index (κ3) is 4.00. The minimum Gasteiger partial charge on any atom is -0.355 e.